The number of phenols is 1. The molecule has 0 saturated heterocycles. The van der Waals surface area contributed by atoms with Gasteiger partial charge >= 0.3 is 0 Å². The first-order valence-corrected chi connectivity index (χ1v) is 8.92. The van der Waals surface area contributed by atoms with Crippen molar-refractivity contribution < 1.29 is 19.7 Å². The molecule has 2 unspecified atom stereocenters. The highest BCUT2D eigenvalue weighted by Gasteiger charge is 2.27. The van der Waals surface area contributed by atoms with Crippen molar-refractivity contribution in [1.82, 2.24) is 5.32 Å². The number of ether oxygens (including phenoxy) is 2. The Kier molecular flexibility index (Phi) is 5.39. The van der Waals surface area contributed by atoms with Crippen LogP contribution in [0.15, 0.2) is 36.4 Å². The second-order valence-electron chi connectivity index (χ2n) is 7.08. The summed E-state index contributed by atoms with van der Waals surface area (Å²) in [6, 6.07) is 11.1. The number of phenolic OH excluding ortho intramolecular Hbond substituents is 1. The maximum absolute atomic E-state index is 10.8. The van der Waals surface area contributed by atoms with Crippen LogP contribution in [0.5, 0.6) is 17.2 Å². The van der Waals surface area contributed by atoms with E-state index >= 15 is 0 Å². The van der Waals surface area contributed by atoms with Crippen LogP contribution >= 0.6 is 0 Å². The molecule has 2 aromatic carbocycles. The van der Waals surface area contributed by atoms with Gasteiger partial charge in [-0.1, -0.05) is 18.2 Å². The maximum atomic E-state index is 10.8. The Bertz CT molecular complexity index is 755. The van der Waals surface area contributed by atoms with Gasteiger partial charge in [-0.3, -0.25) is 0 Å². The topological polar surface area (TPSA) is 71.0 Å². The summed E-state index contributed by atoms with van der Waals surface area (Å²) in [5.74, 6) is 1.80. The maximum Gasteiger partial charge on any atom is 0.164 e. The standard InChI is InChI=1S/C21H27NO4/c1-21(24,15-5-8-17(23)9-6-15)13-22-16-7-10-18-14(12-16)4-11-19(25-2)20(18)26-3/h4-6,8-9,11,16,22-24H,7,10,12-13H2,1-3H3. The Morgan fingerprint density at radius 1 is 1.12 bits per heavy atom. The average molecular weight is 357 g/mol. The number of rotatable bonds is 6. The van der Waals surface area contributed by atoms with E-state index in [1.807, 2.05) is 6.07 Å². The Labute approximate surface area is 154 Å². The number of aliphatic hydroxyl groups is 1. The van der Waals surface area contributed by atoms with Gasteiger partial charge in [0.15, 0.2) is 11.5 Å². The Morgan fingerprint density at radius 3 is 2.50 bits per heavy atom. The van der Waals surface area contributed by atoms with E-state index in [4.69, 9.17) is 9.47 Å². The van der Waals surface area contributed by atoms with E-state index < -0.39 is 5.60 Å². The smallest absolute Gasteiger partial charge is 0.164 e. The molecule has 3 N–H and O–H groups in total. The van der Waals surface area contributed by atoms with Crippen LogP contribution in [0.1, 0.15) is 30.0 Å². The third kappa shape index (κ3) is 3.79. The van der Waals surface area contributed by atoms with Gasteiger partial charge in [0.2, 0.25) is 0 Å². The van der Waals surface area contributed by atoms with E-state index in [0.29, 0.717) is 12.6 Å². The molecular weight excluding hydrogens is 330 g/mol. The largest absolute Gasteiger partial charge is 0.508 e. The van der Waals surface area contributed by atoms with Crippen molar-refractivity contribution in [3.63, 3.8) is 0 Å². The predicted molar refractivity (Wildman–Crippen MR) is 101 cm³/mol. The van der Waals surface area contributed by atoms with Crippen LogP contribution in [-0.4, -0.2) is 37.0 Å². The Morgan fingerprint density at radius 2 is 1.85 bits per heavy atom. The van der Waals surface area contributed by atoms with E-state index in [1.165, 1.54) is 11.1 Å². The highest BCUT2D eigenvalue weighted by atomic mass is 16.5. The van der Waals surface area contributed by atoms with Crippen LogP contribution in [0.2, 0.25) is 0 Å². The van der Waals surface area contributed by atoms with Crippen molar-refractivity contribution in [2.24, 2.45) is 0 Å². The van der Waals surface area contributed by atoms with Gasteiger partial charge in [0.25, 0.3) is 0 Å². The molecule has 0 spiro atoms. The molecule has 0 heterocycles. The first-order valence-electron chi connectivity index (χ1n) is 8.92. The summed E-state index contributed by atoms with van der Waals surface area (Å²) in [5.41, 5.74) is 2.27. The SMILES string of the molecule is COc1ccc2c(c1OC)CCC(NCC(C)(O)c1ccc(O)cc1)C2. The fraction of sp³-hybridized carbons (Fsp3) is 0.429. The molecule has 0 aromatic heterocycles. The molecule has 5 heteroatoms. The molecule has 2 aromatic rings. The summed E-state index contributed by atoms with van der Waals surface area (Å²) in [6.07, 6.45) is 2.78. The molecule has 0 aliphatic heterocycles. The van der Waals surface area contributed by atoms with Crippen molar-refractivity contribution in [1.29, 1.82) is 0 Å². The van der Waals surface area contributed by atoms with Crippen molar-refractivity contribution in [3.8, 4) is 17.2 Å². The molecule has 140 valence electrons. The van der Waals surface area contributed by atoms with E-state index in [0.717, 1.165) is 36.3 Å². The van der Waals surface area contributed by atoms with Gasteiger partial charge < -0.3 is 25.0 Å². The molecule has 0 bridgehead atoms. The minimum absolute atomic E-state index is 0.200. The second-order valence-corrected chi connectivity index (χ2v) is 7.08. The summed E-state index contributed by atoms with van der Waals surface area (Å²) < 4.78 is 10.9. The molecule has 0 amide bonds. The molecule has 1 aliphatic rings. The number of methoxy groups -OCH3 is 2. The number of fused-ring (bicyclic) bond motifs is 1. The molecular formula is C21H27NO4. The number of aromatic hydroxyl groups is 1. The molecule has 0 fully saturated rings. The fourth-order valence-electron chi connectivity index (χ4n) is 3.62. The lowest BCUT2D eigenvalue weighted by atomic mass is 9.86. The monoisotopic (exact) mass is 357 g/mol. The van der Waals surface area contributed by atoms with Crippen molar-refractivity contribution >= 4 is 0 Å². The number of nitrogens with one attached hydrogen (secondary N) is 1. The predicted octanol–water partition coefficient (Wildman–Crippen LogP) is 2.76. The van der Waals surface area contributed by atoms with Crippen molar-refractivity contribution in [2.45, 2.75) is 37.8 Å². The number of hydrogen-bond donors (Lipinski definition) is 3. The lowest BCUT2D eigenvalue weighted by Gasteiger charge is -2.31. The lowest BCUT2D eigenvalue weighted by Crippen LogP contribution is -2.43. The molecule has 26 heavy (non-hydrogen) atoms. The second kappa shape index (κ2) is 7.56. The van der Waals surface area contributed by atoms with Gasteiger partial charge in [-0.2, -0.15) is 0 Å². The van der Waals surface area contributed by atoms with Crippen LogP contribution in [0.4, 0.5) is 0 Å². The first kappa shape index (κ1) is 18.5. The quantitative estimate of drug-likeness (QED) is 0.742. The zero-order chi connectivity index (χ0) is 18.7. The van der Waals surface area contributed by atoms with Gasteiger partial charge in [0.05, 0.1) is 19.8 Å². The van der Waals surface area contributed by atoms with Crippen molar-refractivity contribution in [3.05, 3.63) is 53.1 Å². The summed E-state index contributed by atoms with van der Waals surface area (Å²) in [4.78, 5) is 0. The third-order valence-electron chi connectivity index (χ3n) is 5.18. The minimum Gasteiger partial charge on any atom is -0.508 e. The minimum atomic E-state index is -0.994. The van der Waals surface area contributed by atoms with Gasteiger partial charge in [-0.15, -0.1) is 0 Å². The van der Waals surface area contributed by atoms with Crippen LogP contribution in [0, 0.1) is 0 Å². The highest BCUT2D eigenvalue weighted by molar-refractivity contribution is 5.52. The Hall–Kier alpha value is -2.24. The normalized spacial score (nSPS) is 18.7. The van der Waals surface area contributed by atoms with Gasteiger partial charge in [0.1, 0.15) is 5.75 Å². The zero-order valence-electron chi connectivity index (χ0n) is 15.6. The van der Waals surface area contributed by atoms with Crippen molar-refractivity contribution in [2.75, 3.05) is 20.8 Å². The molecule has 1 aliphatic carbocycles. The van der Waals surface area contributed by atoms with Gasteiger partial charge in [0, 0.05) is 18.2 Å². The first-order chi connectivity index (χ1) is 12.4. The van der Waals surface area contributed by atoms with Crippen LogP contribution in [0.25, 0.3) is 0 Å². The van der Waals surface area contributed by atoms with Crippen LogP contribution < -0.4 is 14.8 Å². The summed E-state index contributed by atoms with van der Waals surface area (Å²) in [6.45, 7) is 2.24. The van der Waals surface area contributed by atoms with Gasteiger partial charge in [-0.25, -0.2) is 0 Å². The fourth-order valence-corrected chi connectivity index (χ4v) is 3.62. The van der Waals surface area contributed by atoms with E-state index in [2.05, 4.69) is 11.4 Å². The summed E-state index contributed by atoms with van der Waals surface area (Å²) in [7, 11) is 3.33. The van der Waals surface area contributed by atoms with E-state index in [-0.39, 0.29) is 5.75 Å². The number of hydrogen-bond acceptors (Lipinski definition) is 5. The zero-order valence-corrected chi connectivity index (χ0v) is 15.6. The van der Waals surface area contributed by atoms with E-state index in [9.17, 15) is 10.2 Å². The number of benzene rings is 2. The molecule has 3 rings (SSSR count). The van der Waals surface area contributed by atoms with Gasteiger partial charge in [-0.05, 0) is 55.5 Å². The molecule has 0 saturated carbocycles. The average Bonchev–Trinajstić information content (AvgIpc) is 2.65. The Balaban J connectivity index is 1.67. The van der Waals surface area contributed by atoms with Crippen LogP contribution in [-0.2, 0) is 18.4 Å². The molecule has 0 radical (unpaired) electrons. The van der Waals surface area contributed by atoms with Crippen LogP contribution in [0.3, 0.4) is 0 Å². The third-order valence-corrected chi connectivity index (χ3v) is 5.18. The summed E-state index contributed by atoms with van der Waals surface area (Å²) >= 11 is 0. The highest BCUT2D eigenvalue weighted by Crippen LogP contribution is 2.37. The lowest BCUT2D eigenvalue weighted by molar-refractivity contribution is 0.0532. The molecule has 5 nitrogen and oxygen atoms in total. The van der Waals surface area contributed by atoms with E-state index in [1.54, 1.807) is 45.4 Å². The molecule has 2 atom stereocenters. The summed E-state index contributed by atoms with van der Waals surface area (Å²) in [5, 5.41) is 23.7.